The topological polar surface area (TPSA) is 73.6 Å². The fourth-order valence-electron chi connectivity index (χ4n) is 3.65. The van der Waals surface area contributed by atoms with Gasteiger partial charge in [0.15, 0.2) is 5.88 Å². The lowest BCUT2D eigenvalue weighted by Gasteiger charge is -1.98. The van der Waals surface area contributed by atoms with Crippen molar-refractivity contribution in [1.29, 1.82) is 0 Å². The minimum atomic E-state index is 0.173. The standard InChI is InChI=1S/C25H20N4O/c1-2-16-6-9-22-20(12-16)21(25(30)27-22)13-18-5-8-19-23(28-29-24(19)14-18)10-7-17-4-3-11-26-15-17/h3-15,27,30H,2H2,1H3/b10-7+,18-13?. The zero-order valence-electron chi connectivity index (χ0n) is 16.5. The number of aryl methyl sites for hydroxylation is 1. The van der Waals surface area contributed by atoms with Gasteiger partial charge in [0.05, 0.1) is 11.4 Å². The summed E-state index contributed by atoms with van der Waals surface area (Å²) in [6.07, 6.45) is 10.4. The van der Waals surface area contributed by atoms with Crippen molar-refractivity contribution < 1.29 is 5.11 Å². The van der Waals surface area contributed by atoms with Gasteiger partial charge in [-0.1, -0.05) is 31.2 Å². The Morgan fingerprint density at radius 3 is 2.80 bits per heavy atom. The summed E-state index contributed by atoms with van der Waals surface area (Å²) in [6.45, 7) is 2.12. The lowest BCUT2D eigenvalue weighted by atomic mass is 10.1. The van der Waals surface area contributed by atoms with Crippen LogP contribution in [0.25, 0.3) is 28.8 Å². The second-order valence-corrected chi connectivity index (χ2v) is 7.25. The van der Waals surface area contributed by atoms with Crippen molar-refractivity contribution in [2.75, 3.05) is 0 Å². The molecule has 0 saturated heterocycles. The van der Waals surface area contributed by atoms with E-state index in [9.17, 15) is 5.11 Å². The van der Waals surface area contributed by atoms with Crippen molar-refractivity contribution in [1.82, 2.24) is 9.97 Å². The lowest BCUT2D eigenvalue weighted by Crippen LogP contribution is -2.08. The number of pyridine rings is 1. The van der Waals surface area contributed by atoms with Gasteiger partial charge in [-0.25, -0.2) is 0 Å². The molecule has 2 aromatic carbocycles. The SMILES string of the molecule is CCc1ccc2[nH]c(O)c(C=c3ccc4c(c3)N=NC=4/C=C/c3cccnc3)c2c1. The molecule has 0 unspecified atom stereocenters. The fourth-order valence-corrected chi connectivity index (χ4v) is 3.65. The Morgan fingerprint density at radius 2 is 1.97 bits per heavy atom. The van der Waals surface area contributed by atoms with E-state index in [0.29, 0.717) is 0 Å². The molecule has 0 fully saturated rings. The summed E-state index contributed by atoms with van der Waals surface area (Å²) < 4.78 is 0. The molecule has 30 heavy (non-hydrogen) atoms. The first-order valence-corrected chi connectivity index (χ1v) is 9.91. The first kappa shape index (κ1) is 18.1. The molecule has 5 heteroatoms. The smallest absolute Gasteiger partial charge is 0.196 e. The lowest BCUT2D eigenvalue weighted by molar-refractivity contribution is 0.457. The van der Waals surface area contributed by atoms with Crippen molar-refractivity contribution in [3.63, 3.8) is 0 Å². The van der Waals surface area contributed by atoms with Crippen LogP contribution >= 0.6 is 0 Å². The van der Waals surface area contributed by atoms with Gasteiger partial charge in [0.25, 0.3) is 0 Å². The molecular weight excluding hydrogens is 372 g/mol. The molecule has 0 bridgehead atoms. The number of rotatable bonds is 4. The summed E-state index contributed by atoms with van der Waals surface area (Å²) in [7, 11) is 0. The minimum absolute atomic E-state index is 0.173. The molecule has 4 aromatic rings. The molecule has 3 heterocycles. The fraction of sp³-hybridized carbons (Fsp3) is 0.0800. The van der Waals surface area contributed by atoms with Crippen molar-refractivity contribution in [2.45, 2.75) is 13.3 Å². The van der Waals surface area contributed by atoms with E-state index in [4.69, 9.17) is 0 Å². The molecule has 0 amide bonds. The van der Waals surface area contributed by atoms with Gasteiger partial charge in [-0.15, -0.1) is 10.2 Å². The van der Waals surface area contributed by atoms with Crippen LogP contribution in [0, 0.1) is 0 Å². The predicted octanol–water partition coefficient (Wildman–Crippen LogP) is 4.58. The molecule has 5 nitrogen and oxygen atoms in total. The third kappa shape index (κ3) is 3.31. The number of fused-ring (bicyclic) bond motifs is 2. The number of benzene rings is 2. The van der Waals surface area contributed by atoms with Crippen LogP contribution < -0.4 is 10.4 Å². The molecule has 2 N–H and O–H groups in total. The van der Waals surface area contributed by atoms with Crippen LogP contribution in [0.4, 0.5) is 5.69 Å². The van der Waals surface area contributed by atoms with Gasteiger partial charge >= 0.3 is 0 Å². The largest absolute Gasteiger partial charge is 0.494 e. The molecule has 0 aliphatic carbocycles. The normalized spacial score (nSPS) is 13.6. The third-order valence-corrected chi connectivity index (χ3v) is 5.28. The van der Waals surface area contributed by atoms with E-state index in [-0.39, 0.29) is 5.88 Å². The summed E-state index contributed by atoms with van der Waals surface area (Å²) in [5.41, 5.74) is 5.60. The number of aromatic amines is 1. The van der Waals surface area contributed by atoms with Crippen LogP contribution in [0.15, 0.2) is 77.2 Å². The third-order valence-electron chi connectivity index (χ3n) is 5.28. The second kappa shape index (κ2) is 7.44. The van der Waals surface area contributed by atoms with E-state index < -0.39 is 0 Å². The number of aromatic hydroxyl groups is 1. The van der Waals surface area contributed by atoms with Gasteiger partial charge in [0.2, 0.25) is 0 Å². The summed E-state index contributed by atoms with van der Waals surface area (Å²) in [5.74, 6) is 0.173. The highest BCUT2D eigenvalue weighted by Crippen LogP contribution is 2.29. The Hall–Kier alpha value is -3.99. The predicted molar refractivity (Wildman–Crippen MR) is 120 cm³/mol. The molecule has 1 aliphatic rings. The Kier molecular flexibility index (Phi) is 4.48. The molecule has 0 radical (unpaired) electrons. The maximum atomic E-state index is 10.4. The summed E-state index contributed by atoms with van der Waals surface area (Å²) in [4.78, 5) is 7.17. The number of hydrogen-bond donors (Lipinski definition) is 2. The van der Waals surface area contributed by atoms with E-state index in [1.165, 1.54) is 5.56 Å². The summed E-state index contributed by atoms with van der Waals surface area (Å²) in [5, 5.41) is 22.0. The van der Waals surface area contributed by atoms with E-state index in [2.05, 4.69) is 39.3 Å². The Labute approximate surface area is 173 Å². The molecular formula is C25H20N4O. The first-order chi connectivity index (χ1) is 14.7. The second-order valence-electron chi connectivity index (χ2n) is 7.25. The van der Waals surface area contributed by atoms with Gasteiger partial charge in [-0.05, 0) is 65.3 Å². The van der Waals surface area contributed by atoms with Crippen molar-refractivity contribution in [3.05, 3.63) is 94.1 Å². The molecule has 0 spiro atoms. The minimum Gasteiger partial charge on any atom is -0.494 e. The van der Waals surface area contributed by atoms with Crippen LogP contribution in [0.5, 0.6) is 5.88 Å². The molecule has 5 rings (SSSR count). The molecule has 146 valence electrons. The zero-order chi connectivity index (χ0) is 20.5. The van der Waals surface area contributed by atoms with Crippen molar-refractivity contribution >= 4 is 34.4 Å². The van der Waals surface area contributed by atoms with Crippen LogP contribution in [0.1, 0.15) is 23.6 Å². The highest BCUT2D eigenvalue weighted by Gasteiger charge is 2.10. The van der Waals surface area contributed by atoms with E-state index >= 15 is 0 Å². The number of nitrogens with one attached hydrogen (secondary N) is 1. The number of aromatic nitrogens is 2. The molecule has 0 atom stereocenters. The maximum absolute atomic E-state index is 10.4. The zero-order valence-corrected chi connectivity index (χ0v) is 16.5. The highest BCUT2D eigenvalue weighted by atomic mass is 16.3. The summed E-state index contributed by atoms with van der Waals surface area (Å²) in [6, 6.07) is 16.1. The molecule has 2 aromatic heterocycles. The Balaban J connectivity index is 1.56. The Bertz CT molecular complexity index is 1430. The monoisotopic (exact) mass is 392 g/mol. The van der Waals surface area contributed by atoms with E-state index in [1.807, 2.05) is 54.6 Å². The molecule has 1 aliphatic heterocycles. The first-order valence-electron chi connectivity index (χ1n) is 9.91. The number of hydrogen-bond acceptors (Lipinski definition) is 4. The van der Waals surface area contributed by atoms with Crippen molar-refractivity contribution in [3.8, 4) is 5.88 Å². The number of H-pyrrole nitrogens is 1. The average molecular weight is 392 g/mol. The van der Waals surface area contributed by atoms with Crippen LogP contribution in [0.2, 0.25) is 0 Å². The van der Waals surface area contributed by atoms with Gasteiger partial charge in [-0.2, -0.15) is 0 Å². The summed E-state index contributed by atoms with van der Waals surface area (Å²) >= 11 is 0. The van der Waals surface area contributed by atoms with Crippen LogP contribution in [-0.4, -0.2) is 15.1 Å². The van der Waals surface area contributed by atoms with Crippen LogP contribution in [0.3, 0.4) is 0 Å². The van der Waals surface area contributed by atoms with Crippen molar-refractivity contribution in [2.24, 2.45) is 10.2 Å². The quantitative estimate of drug-likeness (QED) is 0.534. The van der Waals surface area contributed by atoms with E-state index in [0.717, 1.165) is 50.3 Å². The highest BCUT2D eigenvalue weighted by molar-refractivity contribution is 5.92. The Morgan fingerprint density at radius 1 is 1.03 bits per heavy atom. The van der Waals surface area contributed by atoms with E-state index in [1.54, 1.807) is 12.4 Å². The van der Waals surface area contributed by atoms with Gasteiger partial charge < -0.3 is 10.1 Å². The average Bonchev–Trinajstić information content (AvgIpc) is 3.32. The van der Waals surface area contributed by atoms with Crippen LogP contribution in [-0.2, 0) is 6.42 Å². The van der Waals surface area contributed by atoms with Gasteiger partial charge in [-0.3, -0.25) is 4.98 Å². The maximum Gasteiger partial charge on any atom is 0.196 e. The molecule has 0 saturated carbocycles. The van der Waals surface area contributed by atoms with Gasteiger partial charge in [0, 0.05) is 34.1 Å². The number of nitrogens with zero attached hydrogens (tertiary/aromatic N) is 3. The number of azo groups is 1. The van der Waals surface area contributed by atoms with Gasteiger partial charge in [0.1, 0.15) is 0 Å².